The van der Waals surface area contributed by atoms with Gasteiger partial charge in [0.1, 0.15) is 11.9 Å². The van der Waals surface area contributed by atoms with E-state index in [4.69, 9.17) is 10.2 Å². The summed E-state index contributed by atoms with van der Waals surface area (Å²) in [6, 6.07) is 0. The van der Waals surface area contributed by atoms with Crippen LogP contribution in [0.25, 0.3) is 0 Å². The molecule has 0 amide bonds. The van der Waals surface area contributed by atoms with Crippen molar-refractivity contribution < 1.29 is 19.7 Å². The van der Waals surface area contributed by atoms with Crippen LogP contribution in [0.2, 0.25) is 0 Å². The second-order valence-electron chi connectivity index (χ2n) is 2.55. The molecule has 1 aliphatic heterocycles. The Kier molecular flexibility index (Phi) is 2.62. The molecule has 1 heterocycles. The second-order valence-corrected chi connectivity index (χ2v) is 2.55. The maximum absolute atomic E-state index is 10.5. The predicted molar refractivity (Wildman–Crippen MR) is 41.0 cm³/mol. The van der Waals surface area contributed by atoms with Crippen LogP contribution >= 0.6 is 0 Å². The lowest BCUT2D eigenvalue weighted by Crippen LogP contribution is -2.20. The van der Waals surface area contributed by atoms with Gasteiger partial charge in [0.15, 0.2) is 0 Å². The van der Waals surface area contributed by atoms with Gasteiger partial charge in [-0.05, 0) is 19.1 Å². The van der Waals surface area contributed by atoms with Gasteiger partial charge in [0.2, 0.25) is 0 Å². The van der Waals surface area contributed by atoms with Crippen LogP contribution in [0, 0.1) is 0 Å². The zero-order valence-corrected chi connectivity index (χ0v) is 6.60. The summed E-state index contributed by atoms with van der Waals surface area (Å²) in [6.45, 7) is 1.45. The van der Waals surface area contributed by atoms with E-state index in [0.717, 1.165) is 0 Å². The highest BCUT2D eigenvalue weighted by molar-refractivity contribution is 5.86. The van der Waals surface area contributed by atoms with Crippen molar-refractivity contribution in [3.05, 3.63) is 24.0 Å². The fourth-order valence-corrected chi connectivity index (χ4v) is 0.732. The highest BCUT2D eigenvalue weighted by Crippen LogP contribution is 2.10. The molecule has 0 fully saturated rings. The Balaban J connectivity index is 2.59. The first-order chi connectivity index (χ1) is 5.59. The van der Waals surface area contributed by atoms with Crippen LogP contribution in [0.3, 0.4) is 0 Å². The fraction of sp³-hybridized carbons (Fsp3) is 0.375. The summed E-state index contributed by atoms with van der Waals surface area (Å²) in [7, 11) is 0. The van der Waals surface area contributed by atoms with Crippen LogP contribution in [-0.2, 0) is 9.53 Å². The van der Waals surface area contributed by atoms with Gasteiger partial charge in [-0.15, -0.1) is 0 Å². The molecule has 0 saturated heterocycles. The minimum atomic E-state index is -1.00. The SMILES string of the molecule is C[C@H](O)[C@@H](O)/C=C1\C=CC(=O)O1. The lowest BCUT2D eigenvalue weighted by atomic mass is 10.2. The first-order valence-corrected chi connectivity index (χ1v) is 3.57. The average Bonchev–Trinajstić information content (AvgIpc) is 2.35. The number of allylic oxidation sites excluding steroid dienone is 1. The van der Waals surface area contributed by atoms with Gasteiger partial charge in [-0.3, -0.25) is 0 Å². The maximum atomic E-state index is 10.5. The molecule has 0 spiro atoms. The van der Waals surface area contributed by atoms with E-state index in [0.29, 0.717) is 0 Å². The van der Waals surface area contributed by atoms with Crippen molar-refractivity contribution in [3.8, 4) is 0 Å². The molecule has 4 nitrogen and oxygen atoms in total. The van der Waals surface area contributed by atoms with Crippen molar-refractivity contribution >= 4 is 5.97 Å². The van der Waals surface area contributed by atoms with Crippen LogP contribution in [-0.4, -0.2) is 28.4 Å². The second kappa shape index (κ2) is 3.51. The normalized spacial score (nSPS) is 24.2. The van der Waals surface area contributed by atoms with Crippen molar-refractivity contribution in [2.75, 3.05) is 0 Å². The van der Waals surface area contributed by atoms with E-state index in [1.807, 2.05) is 0 Å². The molecule has 1 aliphatic rings. The van der Waals surface area contributed by atoms with E-state index in [-0.39, 0.29) is 5.76 Å². The third-order valence-electron chi connectivity index (χ3n) is 1.43. The Bertz CT molecular complexity index is 239. The summed E-state index contributed by atoms with van der Waals surface area (Å²) in [4.78, 5) is 10.5. The summed E-state index contributed by atoms with van der Waals surface area (Å²) < 4.78 is 4.62. The lowest BCUT2D eigenvalue weighted by molar-refractivity contribution is -0.132. The fourth-order valence-electron chi connectivity index (χ4n) is 0.732. The standard InChI is InChI=1S/C8H10O4/c1-5(9)7(10)4-6-2-3-8(11)12-6/h2-5,7,9-10H,1H3/b6-4+/t5-,7-/m0/s1. The van der Waals surface area contributed by atoms with Crippen molar-refractivity contribution in [2.24, 2.45) is 0 Å². The summed E-state index contributed by atoms with van der Waals surface area (Å²) in [5.74, 6) is -0.188. The number of aliphatic hydroxyl groups is 2. The molecule has 2 N–H and O–H groups in total. The molecule has 0 aromatic heterocycles. The van der Waals surface area contributed by atoms with Crippen LogP contribution in [0.1, 0.15) is 6.92 Å². The molecule has 0 aliphatic carbocycles. The molecule has 1 rings (SSSR count). The highest BCUT2D eigenvalue weighted by Gasteiger charge is 2.13. The Morgan fingerprint density at radius 3 is 2.58 bits per heavy atom. The van der Waals surface area contributed by atoms with Gasteiger partial charge in [0, 0.05) is 6.08 Å². The number of carbonyl (C=O) groups is 1. The monoisotopic (exact) mass is 170 g/mol. The number of hydrogen-bond acceptors (Lipinski definition) is 4. The van der Waals surface area contributed by atoms with Crippen LogP contribution < -0.4 is 0 Å². The molecule has 0 radical (unpaired) electrons. The van der Waals surface area contributed by atoms with E-state index < -0.39 is 18.2 Å². The Hall–Kier alpha value is -1.13. The molecule has 66 valence electrons. The first kappa shape index (κ1) is 8.96. The first-order valence-electron chi connectivity index (χ1n) is 3.57. The molecule has 0 unspecified atom stereocenters. The summed E-state index contributed by atoms with van der Waals surface area (Å²) >= 11 is 0. The number of rotatable bonds is 2. The van der Waals surface area contributed by atoms with Gasteiger partial charge in [0.05, 0.1) is 6.10 Å². The number of hydrogen-bond donors (Lipinski definition) is 2. The van der Waals surface area contributed by atoms with Crippen molar-refractivity contribution in [2.45, 2.75) is 19.1 Å². The van der Waals surface area contributed by atoms with Crippen molar-refractivity contribution in [1.29, 1.82) is 0 Å². The molecule has 4 heteroatoms. The highest BCUT2D eigenvalue weighted by atomic mass is 16.5. The number of aliphatic hydroxyl groups excluding tert-OH is 2. The number of ether oxygens (including phenoxy) is 1. The maximum Gasteiger partial charge on any atom is 0.336 e. The van der Waals surface area contributed by atoms with Gasteiger partial charge in [-0.1, -0.05) is 0 Å². The number of carbonyl (C=O) groups excluding carboxylic acids is 1. The number of cyclic esters (lactones) is 1. The average molecular weight is 170 g/mol. The molecule has 0 saturated carbocycles. The Morgan fingerprint density at radius 1 is 1.50 bits per heavy atom. The topological polar surface area (TPSA) is 66.8 Å². The molecule has 0 bridgehead atoms. The minimum Gasteiger partial charge on any atom is -0.424 e. The van der Waals surface area contributed by atoms with E-state index in [1.54, 1.807) is 0 Å². The molecule has 0 aromatic carbocycles. The van der Waals surface area contributed by atoms with E-state index >= 15 is 0 Å². The summed E-state index contributed by atoms with van der Waals surface area (Å²) in [5, 5.41) is 18.0. The smallest absolute Gasteiger partial charge is 0.336 e. The third-order valence-corrected chi connectivity index (χ3v) is 1.43. The quantitative estimate of drug-likeness (QED) is 0.559. The van der Waals surface area contributed by atoms with Crippen LogP contribution in [0.15, 0.2) is 24.0 Å². The predicted octanol–water partition coefficient (Wildman–Crippen LogP) is -0.275. The summed E-state index contributed by atoms with van der Waals surface area (Å²) in [6.07, 6.45) is 2.10. The zero-order chi connectivity index (χ0) is 9.14. The number of esters is 1. The van der Waals surface area contributed by atoms with E-state index in [1.165, 1.54) is 25.2 Å². The molecular formula is C8H10O4. The van der Waals surface area contributed by atoms with E-state index in [2.05, 4.69) is 4.74 Å². The summed E-state index contributed by atoms with van der Waals surface area (Å²) in [5.41, 5.74) is 0. The van der Waals surface area contributed by atoms with Gasteiger partial charge in [-0.2, -0.15) is 0 Å². The molecule has 2 atom stereocenters. The van der Waals surface area contributed by atoms with Gasteiger partial charge in [0.25, 0.3) is 0 Å². The van der Waals surface area contributed by atoms with Gasteiger partial charge in [-0.25, -0.2) is 4.79 Å². The largest absolute Gasteiger partial charge is 0.424 e. The third kappa shape index (κ3) is 2.18. The zero-order valence-electron chi connectivity index (χ0n) is 6.60. The molecule has 12 heavy (non-hydrogen) atoms. The van der Waals surface area contributed by atoms with Crippen LogP contribution in [0.4, 0.5) is 0 Å². The van der Waals surface area contributed by atoms with Crippen molar-refractivity contribution in [3.63, 3.8) is 0 Å². The lowest BCUT2D eigenvalue weighted by Gasteiger charge is -2.08. The van der Waals surface area contributed by atoms with Crippen molar-refractivity contribution in [1.82, 2.24) is 0 Å². The van der Waals surface area contributed by atoms with Crippen LogP contribution in [0.5, 0.6) is 0 Å². The minimum absolute atomic E-state index is 0.272. The Labute approximate surface area is 69.8 Å². The Morgan fingerprint density at radius 2 is 2.17 bits per heavy atom. The van der Waals surface area contributed by atoms with E-state index in [9.17, 15) is 4.79 Å². The van der Waals surface area contributed by atoms with Gasteiger partial charge < -0.3 is 14.9 Å². The molecular weight excluding hydrogens is 160 g/mol. The van der Waals surface area contributed by atoms with Gasteiger partial charge >= 0.3 is 5.97 Å². The molecule has 0 aromatic rings.